The van der Waals surface area contributed by atoms with Crippen LogP contribution in [0.1, 0.15) is 84.8 Å². The fourth-order valence-corrected chi connectivity index (χ4v) is 6.74. The number of phenols is 1. The van der Waals surface area contributed by atoms with E-state index < -0.39 is 0 Å². The average Bonchev–Trinajstić information content (AvgIpc) is 3.08. The molecule has 0 spiro atoms. The SMILES string of the molecule is C=C1C=C(C(C)(C)C)C(O)=C(C=[N+]2[Co][N+](=Cc3cccc(C(C)(C)C)c3O)[C@H]3CCCC[C@@H]32)C1.[Cl-]. The first-order chi connectivity index (χ1) is 15.9. The van der Waals surface area contributed by atoms with Gasteiger partial charge >= 0.3 is 212 Å². The Bertz CT molecular complexity index is 1130. The van der Waals surface area contributed by atoms with Gasteiger partial charge in [0.15, 0.2) is 0 Å². The fraction of sp³-hybridized carbons (Fsp3) is 0.517. The second-order valence-corrected chi connectivity index (χ2v) is 13.2. The monoisotopic (exact) mass is 542 g/mol. The first kappa shape index (κ1) is 27.8. The molecule has 1 aromatic carbocycles. The maximum Gasteiger partial charge on any atom is -1.00 e. The number of halogens is 1. The summed E-state index contributed by atoms with van der Waals surface area (Å²) in [5, 5.41) is 22.2. The van der Waals surface area contributed by atoms with Gasteiger partial charge in [0.1, 0.15) is 0 Å². The number of aliphatic hydroxyl groups is 1. The fourth-order valence-electron chi connectivity index (χ4n) is 5.10. The summed E-state index contributed by atoms with van der Waals surface area (Å²) >= 11 is 1.11. The minimum atomic E-state index is -0.141. The van der Waals surface area contributed by atoms with Gasteiger partial charge in [0, 0.05) is 0 Å². The van der Waals surface area contributed by atoms with Crippen molar-refractivity contribution < 1.29 is 45.0 Å². The number of para-hydroxylation sites is 1. The predicted octanol–water partition coefficient (Wildman–Crippen LogP) is 3.19. The molecule has 0 amide bonds. The summed E-state index contributed by atoms with van der Waals surface area (Å²) in [5.41, 5.74) is 4.53. The van der Waals surface area contributed by atoms with Crippen LogP contribution in [-0.4, -0.2) is 42.0 Å². The molecule has 193 valence electrons. The van der Waals surface area contributed by atoms with Crippen LogP contribution >= 0.6 is 0 Å². The summed E-state index contributed by atoms with van der Waals surface area (Å²) in [7, 11) is 0. The van der Waals surface area contributed by atoms with Crippen LogP contribution in [0.3, 0.4) is 0 Å². The van der Waals surface area contributed by atoms with Gasteiger partial charge in [-0.25, -0.2) is 0 Å². The van der Waals surface area contributed by atoms with Gasteiger partial charge in [0.2, 0.25) is 0 Å². The van der Waals surface area contributed by atoms with Gasteiger partial charge in [-0.15, -0.1) is 0 Å². The molecular weight excluding hydrogens is 503 g/mol. The van der Waals surface area contributed by atoms with Gasteiger partial charge in [-0.1, -0.05) is 0 Å². The Morgan fingerprint density at radius 3 is 2.11 bits per heavy atom. The molecule has 0 bridgehead atoms. The zero-order chi connectivity index (χ0) is 24.8. The quantitative estimate of drug-likeness (QED) is 0.603. The van der Waals surface area contributed by atoms with E-state index in [4.69, 9.17) is 0 Å². The van der Waals surface area contributed by atoms with E-state index in [-0.39, 0.29) is 23.2 Å². The molecule has 35 heavy (non-hydrogen) atoms. The van der Waals surface area contributed by atoms with Gasteiger partial charge in [0.05, 0.1) is 0 Å². The van der Waals surface area contributed by atoms with E-state index in [2.05, 4.69) is 67.8 Å². The third-order valence-corrected chi connectivity index (χ3v) is 8.43. The van der Waals surface area contributed by atoms with Crippen molar-refractivity contribution in [1.29, 1.82) is 0 Å². The van der Waals surface area contributed by atoms with Crippen molar-refractivity contribution in [2.75, 3.05) is 0 Å². The molecule has 0 unspecified atom stereocenters. The number of nitrogens with zero attached hydrogens (tertiary/aromatic N) is 2. The third kappa shape index (κ3) is 5.78. The number of phenolic OH excluding ortho intramolecular Hbond substituents is 1. The van der Waals surface area contributed by atoms with Crippen LogP contribution in [0.15, 0.2) is 53.3 Å². The van der Waals surface area contributed by atoms with E-state index in [1.54, 1.807) is 0 Å². The molecule has 3 aliphatic rings. The number of aliphatic hydroxyl groups excluding tert-OH is 1. The maximum absolute atomic E-state index is 11.1. The number of fused-ring (bicyclic) bond motifs is 1. The third-order valence-electron chi connectivity index (χ3n) is 6.99. The van der Waals surface area contributed by atoms with Crippen LogP contribution in [0.4, 0.5) is 0 Å². The normalized spacial score (nSPS) is 25.8. The summed E-state index contributed by atoms with van der Waals surface area (Å²) < 4.78 is 4.75. The first-order valence-electron chi connectivity index (χ1n) is 12.4. The number of benzene rings is 1. The van der Waals surface area contributed by atoms with Crippen LogP contribution < -0.4 is 12.4 Å². The Hall–Kier alpha value is -1.82. The zero-order valence-corrected chi connectivity index (χ0v) is 23.7. The molecule has 2 N–H and O–H groups in total. The molecular formula is C29H40ClCoN2O2+. The van der Waals surface area contributed by atoms with Crippen molar-refractivity contribution in [1.82, 2.24) is 0 Å². The van der Waals surface area contributed by atoms with E-state index in [0.29, 0.717) is 30.0 Å². The Balaban J connectivity index is 0.00000342. The molecule has 6 heteroatoms. The van der Waals surface area contributed by atoms with Crippen molar-refractivity contribution in [3.8, 4) is 5.75 Å². The van der Waals surface area contributed by atoms with Gasteiger partial charge in [-0.3, -0.25) is 0 Å². The summed E-state index contributed by atoms with van der Waals surface area (Å²) in [4.78, 5) is 0. The minimum Gasteiger partial charge on any atom is -1.00 e. The van der Waals surface area contributed by atoms with Crippen molar-refractivity contribution in [3.05, 3.63) is 64.5 Å². The van der Waals surface area contributed by atoms with Gasteiger partial charge in [-0.2, -0.15) is 0 Å². The second-order valence-electron chi connectivity index (χ2n) is 11.9. The van der Waals surface area contributed by atoms with E-state index in [9.17, 15) is 10.2 Å². The van der Waals surface area contributed by atoms with Gasteiger partial charge in [-0.05, 0) is 0 Å². The number of aromatic hydroxyl groups is 1. The molecule has 1 heterocycles. The summed E-state index contributed by atoms with van der Waals surface area (Å²) in [6.45, 7) is 17.0. The maximum atomic E-state index is 11.1. The van der Waals surface area contributed by atoms with Gasteiger partial charge < -0.3 is 12.4 Å². The summed E-state index contributed by atoms with van der Waals surface area (Å²) in [6, 6.07) is 6.86. The molecule has 0 radical (unpaired) electrons. The van der Waals surface area contributed by atoms with Crippen LogP contribution in [0.5, 0.6) is 5.75 Å². The second kappa shape index (κ2) is 10.3. The summed E-state index contributed by atoms with van der Waals surface area (Å²) in [5.74, 6) is 0.781. The number of rotatable bonds is 2. The predicted molar refractivity (Wildman–Crippen MR) is 136 cm³/mol. The van der Waals surface area contributed by atoms with Crippen molar-refractivity contribution in [2.24, 2.45) is 5.41 Å². The Morgan fingerprint density at radius 1 is 0.943 bits per heavy atom. The Labute approximate surface area is 223 Å². The molecule has 2 atom stereocenters. The van der Waals surface area contributed by atoms with Crippen LogP contribution in [0.25, 0.3) is 0 Å². The summed E-state index contributed by atoms with van der Waals surface area (Å²) in [6.07, 6.45) is 11.8. The van der Waals surface area contributed by atoms with E-state index >= 15 is 0 Å². The number of allylic oxidation sites excluding steroid dienone is 4. The average molecular weight is 543 g/mol. The molecule has 4 rings (SSSR count). The van der Waals surface area contributed by atoms with Crippen molar-refractivity contribution in [2.45, 2.75) is 91.1 Å². The molecule has 1 aliphatic heterocycles. The molecule has 2 aliphatic carbocycles. The van der Waals surface area contributed by atoms with E-state index in [1.807, 2.05) is 24.3 Å². The standard InChI is InChI=1S/C29H40N2O2.ClH.Co/c1-19-15-21(27(33)23(16-19)29(5,6)7)18-31-25-14-9-8-13-24(25)30-17-20-11-10-12-22(26(20)32)28(2,3)4;;/h10-12,16-18,24-25,32-33H,1,8-9,13-15H2,2-7H3;1H;/q;;+2/p-1/t24-,25-;;/m0../s1. The van der Waals surface area contributed by atoms with Crippen molar-refractivity contribution >= 4 is 12.4 Å². The minimum absolute atomic E-state index is 0. The number of hydrogen-bond donors (Lipinski definition) is 2. The van der Waals surface area contributed by atoms with Gasteiger partial charge in [0.25, 0.3) is 0 Å². The molecule has 4 nitrogen and oxygen atoms in total. The topological polar surface area (TPSA) is 46.5 Å². The molecule has 0 aromatic heterocycles. The van der Waals surface area contributed by atoms with E-state index in [1.165, 1.54) is 12.8 Å². The van der Waals surface area contributed by atoms with Crippen LogP contribution in [0.2, 0.25) is 0 Å². The zero-order valence-electron chi connectivity index (χ0n) is 21.9. The Kier molecular flexibility index (Phi) is 8.15. The largest absolute Gasteiger partial charge is 1.00 e. The van der Waals surface area contributed by atoms with Crippen LogP contribution in [-0.2, 0) is 20.5 Å². The first-order valence-corrected chi connectivity index (χ1v) is 13.3. The van der Waals surface area contributed by atoms with Crippen LogP contribution in [0, 0.1) is 5.41 Å². The number of hydrogen-bond acceptors (Lipinski definition) is 2. The molecule has 1 saturated heterocycles. The smallest absolute Gasteiger partial charge is 1.00 e. The molecule has 2 fully saturated rings. The van der Waals surface area contributed by atoms with E-state index in [0.717, 1.165) is 55.8 Å². The molecule has 1 aromatic rings. The molecule has 1 saturated carbocycles. The Morgan fingerprint density at radius 2 is 1.54 bits per heavy atom. The van der Waals surface area contributed by atoms with Crippen molar-refractivity contribution in [3.63, 3.8) is 0 Å².